The summed E-state index contributed by atoms with van der Waals surface area (Å²) < 4.78 is 0.576. The third-order valence-electron chi connectivity index (χ3n) is 3.85. The van der Waals surface area contributed by atoms with Crippen molar-refractivity contribution in [1.82, 2.24) is 0 Å². The Hall–Kier alpha value is 0.730. The maximum absolute atomic E-state index is 2.68. The average Bonchev–Trinajstić information content (AvgIpc) is 2.13. The lowest BCUT2D eigenvalue weighted by atomic mass is 9.82. The van der Waals surface area contributed by atoms with Crippen LogP contribution in [0.5, 0.6) is 0 Å². The van der Waals surface area contributed by atoms with Crippen LogP contribution < -0.4 is 0 Å². The molecule has 1 rings (SSSR count). The highest BCUT2D eigenvalue weighted by molar-refractivity contribution is 14.1. The van der Waals surface area contributed by atoms with Crippen LogP contribution in [0.2, 0.25) is 0 Å². The molecule has 1 atom stereocenters. The lowest BCUT2D eigenvalue weighted by molar-refractivity contribution is 0.286. The van der Waals surface area contributed by atoms with Crippen molar-refractivity contribution >= 4 is 22.6 Å². The topological polar surface area (TPSA) is 0 Å². The normalized spacial score (nSPS) is 34.4. The quantitative estimate of drug-likeness (QED) is 0.394. The van der Waals surface area contributed by atoms with E-state index in [4.69, 9.17) is 0 Å². The molecule has 15 heavy (non-hydrogen) atoms. The number of alkyl halides is 1. The third kappa shape index (κ3) is 6.13. The van der Waals surface area contributed by atoms with Gasteiger partial charge in [0.25, 0.3) is 0 Å². The van der Waals surface area contributed by atoms with Crippen molar-refractivity contribution in [1.29, 1.82) is 0 Å². The van der Waals surface area contributed by atoms with E-state index in [0.29, 0.717) is 8.84 Å². The number of halogens is 1. The van der Waals surface area contributed by atoms with Gasteiger partial charge in [-0.25, -0.2) is 0 Å². The fourth-order valence-corrected chi connectivity index (χ4v) is 3.38. The zero-order valence-electron chi connectivity index (χ0n) is 10.7. The van der Waals surface area contributed by atoms with Crippen LogP contribution >= 0.6 is 22.6 Å². The summed E-state index contributed by atoms with van der Waals surface area (Å²) >= 11 is 2.68. The van der Waals surface area contributed by atoms with Crippen LogP contribution in [0.25, 0.3) is 0 Å². The predicted octanol–water partition coefficient (Wildman–Crippen LogP) is 5.73. The van der Waals surface area contributed by atoms with Gasteiger partial charge in [-0.2, -0.15) is 0 Å². The zero-order chi connectivity index (χ0) is 11.4. The maximum Gasteiger partial charge on any atom is 0.0194 e. The smallest absolute Gasteiger partial charge is 0.0194 e. The highest BCUT2D eigenvalue weighted by atomic mass is 127. The maximum atomic E-state index is 2.68. The van der Waals surface area contributed by atoms with Crippen molar-refractivity contribution in [2.24, 2.45) is 5.41 Å². The summed E-state index contributed by atoms with van der Waals surface area (Å²) in [6.45, 7) is 7.35. The van der Waals surface area contributed by atoms with E-state index < -0.39 is 0 Å². The molecule has 1 saturated carbocycles. The summed E-state index contributed by atoms with van der Waals surface area (Å²) in [5.74, 6) is 0. The first-order valence-electron chi connectivity index (χ1n) is 6.60. The minimum atomic E-state index is 0.576. The van der Waals surface area contributed by atoms with Gasteiger partial charge < -0.3 is 0 Å². The van der Waals surface area contributed by atoms with Crippen molar-refractivity contribution in [3.8, 4) is 0 Å². The molecule has 1 aliphatic carbocycles. The summed E-state index contributed by atoms with van der Waals surface area (Å²) in [5, 5.41) is 0. The van der Waals surface area contributed by atoms with E-state index in [2.05, 4.69) is 43.4 Å². The molecule has 0 bridgehead atoms. The predicted molar refractivity (Wildman–Crippen MR) is 77.8 cm³/mol. The molecule has 0 saturated heterocycles. The molecule has 1 aliphatic rings. The van der Waals surface area contributed by atoms with Crippen molar-refractivity contribution < 1.29 is 0 Å². The highest BCUT2D eigenvalue weighted by Gasteiger charge is 2.22. The molecule has 0 aromatic rings. The van der Waals surface area contributed by atoms with Gasteiger partial charge in [0.05, 0.1) is 0 Å². The largest absolute Gasteiger partial charge is 0.0792 e. The average molecular weight is 322 g/mol. The molecular weight excluding hydrogens is 295 g/mol. The second-order valence-electron chi connectivity index (χ2n) is 6.35. The SMILES string of the molecule is CC1(C)CCCCCC(C)(I)CCCC1. The Bertz CT molecular complexity index is 162. The fourth-order valence-electron chi connectivity index (χ4n) is 2.62. The van der Waals surface area contributed by atoms with E-state index in [1.165, 1.54) is 57.8 Å². The Morgan fingerprint density at radius 2 is 1.07 bits per heavy atom. The number of hydrogen-bond donors (Lipinski definition) is 0. The molecule has 1 fully saturated rings. The molecule has 90 valence electrons. The minimum absolute atomic E-state index is 0.576. The summed E-state index contributed by atoms with van der Waals surface area (Å²) in [5.41, 5.74) is 0.603. The molecule has 0 amide bonds. The van der Waals surface area contributed by atoms with Crippen LogP contribution in [-0.2, 0) is 0 Å². The molecule has 1 heteroatoms. The minimum Gasteiger partial charge on any atom is -0.0792 e. The summed E-state index contributed by atoms with van der Waals surface area (Å²) in [6, 6.07) is 0. The molecule has 0 heterocycles. The first kappa shape index (κ1) is 13.8. The zero-order valence-corrected chi connectivity index (χ0v) is 12.9. The molecule has 0 aliphatic heterocycles. The monoisotopic (exact) mass is 322 g/mol. The van der Waals surface area contributed by atoms with Gasteiger partial charge in [-0.05, 0) is 31.1 Å². The van der Waals surface area contributed by atoms with Gasteiger partial charge in [0.2, 0.25) is 0 Å². The van der Waals surface area contributed by atoms with Gasteiger partial charge in [-0.3, -0.25) is 0 Å². The lowest BCUT2D eigenvalue weighted by Gasteiger charge is -2.24. The van der Waals surface area contributed by atoms with Gasteiger partial charge in [-0.1, -0.05) is 75.5 Å². The van der Waals surface area contributed by atoms with Crippen LogP contribution in [0, 0.1) is 5.41 Å². The van der Waals surface area contributed by atoms with E-state index >= 15 is 0 Å². The van der Waals surface area contributed by atoms with Gasteiger partial charge in [-0.15, -0.1) is 0 Å². The highest BCUT2D eigenvalue weighted by Crippen LogP contribution is 2.36. The van der Waals surface area contributed by atoms with Crippen molar-refractivity contribution in [2.45, 2.75) is 82.0 Å². The van der Waals surface area contributed by atoms with E-state index in [-0.39, 0.29) is 0 Å². The molecule has 0 aromatic carbocycles. The molecule has 0 nitrogen and oxygen atoms in total. The Morgan fingerprint density at radius 3 is 1.67 bits per heavy atom. The summed E-state index contributed by atoms with van der Waals surface area (Å²) in [6.07, 6.45) is 12.9. The van der Waals surface area contributed by atoms with Crippen molar-refractivity contribution in [2.75, 3.05) is 0 Å². The first-order valence-corrected chi connectivity index (χ1v) is 7.68. The summed E-state index contributed by atoms with van der Waals surface area (Å²) in [4.78, 5) is 0. The standard InChI is InChI=1S/C14H27I/c1-13(2)9-5-4-6-11-14(3,15)12-8-7-10-13/h4-12H2,1-3H3. The lowest BCUT2D eigenvalue weighted by Crippen LogP contribution is -2.15. The Kier molecular flexibility index (Phi) is 5.41. The van der Waals surface area contributed by atoms with Gasteiger partial charge in [0, 0.05) is 3.42 Å². The molecule has 0 aromatic heterocycles. The van der Waals surface area contributed by atoms with Crippen LogP contribution in [0.4, 0.5) is 0 Å². The fraction of sp³-hybridized carbons (Fsp3) is 1.00. The van der Waals surface area contributed by atoms with Gasteiger partial charge >= 0.3 is 0 Å². The second-order valence-corrected chi connectivity index (χ2v) is 8.95. The molecule has 0 N–H and O–H groups in total. The molecule has 0 radical (unpaired) electrons. The van der Waals surface area contributed by atoms with Crippen molar-refractivity contribution in [3.63, 3.8) is 0 Å². The second kappa shape index (κ2) is 5.88. The molecular formula is C14H27I. The Morgan fingerprint density at radius 1 is 0.667 bits per heavy atom. The molecule has 0 spiro atoms. The van der Waals surface area contributed by atoms with E-state index in [0.717, 1.165) is 0 Å². The third-order valence-corrected chi connectivity index (χ3v) is 4.93. The first-order chi connectivity index (χ1) is 6.91. The van der Waals surface area contributed by atoms with Crippen LogP contribution in [0.15, 0.2) is 0 Å². The van der Waals surface area contributed by atoms with E-state index in [9.17, 15) is 0 Å². The van der Waals surface area contributed by atoms with Crippen LogP contribution in [0.3, 0.4) is 0 Å². The Labute approximate surface area is 110 Å². The number of hydrogen-bond acceptors (Lipinski definition) is 0. The summed E-state index contributed by atoms with van der Waals surface area (Å²) in [7, 11) is 0. The van der Waals surface area contributed by atoms with Gasteiger partial charge in [0.15, 0.2) is 0 Å². The number of rotatable bonds is 0. The Balaban J connectivity index is 2.44. The van der Waals surface area contributed by atoms with Crippen LogP contribution in [0.1, 0.15) is 78.6 Å². The van der Waals surface area contributed by atoms with Crippen molar-refractivity contribution in [3.05, 3.63) is 0 Å². The van der Waals surface area contributed by atoms with Gasteiger partial charge in [0.1, 0.15) is 0 Å². The van der Waals surface area contributed by atoms with E-state index in [1.54, 1.807) is 0 Å². The van der Waals surface area contributed by atoms with E-state index in [1.807, 2.05) is 0 Å². The van der Waals surface area contributed by atoms with Crippen LogP contribution in [-0.4, -0.2) is 3.42 Å². The molecule has 1 unspecified atom stereocenters.